The lowest BCUT2D eigenvalue weighted by Crippen LogP contribution is -2.42. The van der Waals surface area contributed by atoms with E-state index in [0.29, 0.717) is 19.7 Å². The summed E-state index contributed by atoms with van der Waals surface area (Å²) in [7, 11) is 0. The summed E-state index contributed by atoms with van der Waals surface area (Å²) < 4.78 is 8.06. The number of hydrogen-bond acceptors (Lipinski definition) is 3. The quantitative estimate of drug-likeness (QED) is 0.690. The van der Waals surface area contributed by atoms with Crippen molar-refractivity contribution in [2.24, 2.45) is 0 Å². The molecule has 2 aromatic heterocycles. The molecule has 5 heteroatoms. The van der Waals surface area contributed by atoms with Gasteiger partial charge in [-0.25, -0.2) is 0 Å². The fraction of sp³-hybridized carbons (Fsp3) is 0.286. The lowest BCUT2D eigenvalue weighted by atomic mass is 10.1. The molecule has 1 amide bonds. The maximum absolute atomic E-state index is 13.2. The third-order valence-corrected chi connectivity index (χ3v) is 5.77. The maximum atomic E-state index is 13.2. The summed E-state index contributed by atoms with van der Waals surface area (Å²) in [5.41, 5.74) is 4.37. The standard InChI is InChI=1S/C21H22N2O2S/c1-15-8-9-16(2)23(15)18-10-13-26-20(18)21(24)22-11-12-25-19(14-22)17-6-4-3-5-7-17/h3-10,13,19H,11-12,14H2,1-2H3/t19-/m0/s1. The summed E-state index contributed by atoms with van der Waals surface area (Å²) in [6, 6.07) is 16.3. The van der Waals surface area contributed by atoms with Gasteiger partial charge in [0.2, 0.25) is 0 Å². The van der Waals surface area contributed by atoms with Crippen molar-refractivity contribution in [3.8, 4) is 5.69 Å². The van der Waals surface area contributed by atoms with E-state index < -0.39 is 0 Å². The normalized spacial score (nSPS) is 17.5. The molecule has 1 aliphatic rings. The molecular formula is C21H22N2O2S. The number of nitrogens with zero attached hydrogens (tertiary/aromatic N) is 2. The number of morpholine rings is 1. The number of carbonyl (C=O) groups excluding carboxylic acids is 1. The lowest BCUT2D eigenvalue weighted by Gasteiger charge is -2.33. The summed E-state index contributed by atoms with van der Waals surface area (Å²) in [6.07, 6.45) is -0.0626. The molecule has 4 rings (SSSR count). The summed E-state index contributed by atoms with van der Waals surface area (Å²) >= 11 is 1.51. The van der Waals surface area contributed by atoms with E-state index in [4.69, 9.17) is 4.74 Å². The number of rotatable bonds is 3. The van der Waals surface area contributed by atoms with Gasteiger partial charge >= 0.3 is 0 Å². The zero-order chi connectivity index (χ0) is 18.1. The van der Waals surface area contributed by atoms with Crippen molar-refractivity contribution in [1.29, 1.82) is 0 Å². The zero-order valence-corrected chi connectivity index (χ0v) is 15.8. The van der Waals surface area contributed by atoms with Gasteiger partial charge in [-0.05, 0) is 43.0 Å². The van der Waals surface area contributed by atoms with Crippen LogP contribution < -0.4 is 0 Å². The second kappa shape index (κ2) is 7.09. The van der Waals surface area contributed by atoms with Crippen molar-refractivity contribution in [2.75, 3.05) is 19.7 Å². The highest BCUT2D eigenvalue weighted by molar-refractivity contribution is 7.12. The smallest absolute Gasteiger partial charge is 0.266 e. The van der Waals surface area contributed by atoms with Gasteiger partial charge in [-0.1, -0.05) is 30.3 Å². The Morgan fingerprint density at radius 2 is 1.81 bits per heavy atom. The van der Waals surface area contributed by atoms with Gasteiger partial charge in [-0.15, -0.1) is 11.3 Å². The van der Waals surface area contributed by atoms with Gasteiger partial charge in [0.05, 0.1) is 18.8 Å². The summed E-state index contributed by atoms with van der Waals surface area (Å²) in [5, 5.41) is 2.00. The molecule has 0 spiro atoms. The molecule has 0 bridgehead atoms. The van der Waals surface area contributed by atoms with Crippen molar-refractivity contribution >= 4 is 17.2 Å². The van der Waals surface area contributed by atoms with E-state index >= 15 is 0 Å². The van der Waals surface area contributed by atoms with Gasteiger partial charge < -0.3 is 14.2 Å². The highest BCUT2D eigenvalue weighted by Gasteiger charge is 2.28. The van der Waals surface area contributed by atoms with Crippen LogP contribution in [0.25, 0.3) is 5.69 Å². The number of amides is 1. The molecule has 1 aliphatic heterocycles. The Morgan fingerprint density at radius 3 is 2.54 bits per heavy atom. The number of carbonyl (C=O) groups is 1. The van der Waals surface area contributed by atoms with Crippen molar-refractivity contribution < 1.29 is 9.53 Å². The van der Waals surface area contributed by atoms with E-state index in [1.54, 1.807) is 0 Å². The van der Waals surface area contributed by atoms with Crippen molar-refractivity contribution in [1.82, 2.24) is 9.47 Å². The molecule has 1 fully saturated rings. The molecule has 26 heavy (non-hydrogen) atoms. The Kier molecular flexibility index (Phi) is 4.66. The van der Waals surface area contributed by atoms with Crippen LogP contribution in [0.5, 0.6) is 0 Å². The number of aromatic nitrogens is 1. The average Bonchev–Trinajstić information content (AvgIpc) is 3.28. The number of hydrogen-bond donors (Lipinski definition) is 0. The fourth-order valence-corrected chi connectivity index (χ4v) is 4.38. The molecule has 134 valence electrons. The predicted octanol–water partition coefficient (Wildman–Crippen LogP) is 4.37. The first-order valence-electron chi connectivity index (χ1n) is 8.84. The minimum Gasteiger partial charge on any atom is -0.370 e. The first-order chi connectivity index (χ1) is 12.6. The van der Waals surface area contributed by atoms with Crippen LogP contribution in [0.1, 0.15) is 32.7 Å². The minimum atomic E-state index is -0.0626. The molecule has 3 aromatic rings. The molecule has 1 atom stereocenters. The number of ether oxygens (including phenoxy) is 1. The van der Waals surface area contributed by atoms with Crippen LogP contribution in [0.15, 0.2) is 53.9 Å². The zero-order valence-electron chi connectivity index (χ0n) is 15.0. The predicted molar refractivity (Wildman–Crippen MR) is 104 cm³/mol. The third kappa shape index (κ3) is 3.08. The Bertz CT molecular complexity index is 894. The fourth-order valence-electron chi connectivity index (χ4n) is 3.53. The molecule has 0 saturated carbocycles. The lowest BCUT2D eigenvalue weighted by molar-refractivity contribution is -0.0226. The Balaban J connectivity index is 1.60. The van der Waals surface area contributed by atoms with Gasteiger partial charge in [-0.2, -0.15) is 0 Å². The molecular weight excluding hydrogens is 344 g/mol. The number of thiophene rings is 1. The van der Waals surface area contributed by atoms with Gasteiger partial charge in [-0.3, -0.25) is 4.79 Å². The van der Waals surface area contributed by atoms with Crippen LogP contribution in [0.3, 0.4) is 0 Å². The molecule has 0 radical (unpaired) electrons. The SMILES string of the molecule is Cc1ccc(C)n1-c1ccsc1C(=O)N1CCO[C@H](c2ccccc2)C1. The third-order valence-electron chi connectivity index (χ3n) is 4.88. The van der Waals surface area contributed by atoms with Crippen LogP contribution in [0.2, 0.25) is 0 Å². The Morgan fingerprint density at radius 1 is 1.08 bits per heavy atom. The van der Waals surface area contributed by atoms with Crippen molar-refractivity contribution in [3.05, 3.63) is 75.7 Å². The second-order valence-corrected chi connectivity index (χ2v) is 7.52. The first kappa shape index (κ1) is 17.1. The van der Waals surface area contributed by atoms with E-state index in [9.17, 15) is 4.79 Å². The first-order valence-corrected chi connectivity index (χ1v) is 9.72. The molecule has 0 aliphatic carbocycles. The summed E-state index contributed by atoms with van der Waals surface area (Å²) in [6.45, 7) is 5.92. The van der Waals surface area contributed by atoms with Crippen LogP contribution in [-0.4, -0.2) is 35.1 Å². The highest BCUT2D eigenvalue weighted by atomic mass is 32.1. The van der Waals surface area contributed by atoms with E-state index in [1.165, 1.54) is 11.3 Å². The van der Waals surface area contributed by atoms with E-state index in [-0.39, 0.29) is 12.0 Å². The highest BCUT2D eigenvalue weighted by Crippen LogP contribution is 2.29. The van der Waals surface area contributed by atoms with Crippen LogP contribution in [-0.2, 0) is 4.74 Å². The van der Waals surface area contributed by atoms with Crippen molar-refractivity contribution in [2.45, 2.75) is 20.0 Å². The van der Waals surface area contributed by atoms with Crippen molar-refractivity contribution in [3.63, 3.8) is 0 Å². The summed E-state index contributed by atoms with van der Waals surface area (Å²) in [5.74, 6) is 0.0896. The molecule has 3 heterocycles. The average molecular weight is 366 g/mol. The van der Waals surface area contributed by atoms with E-state index in [1.807, 2.05) is 34.5 Å². The topological polar surface area (TPSA) is 34.5 Å². The largest absolute Gasteiger partial charge is 0.370 e. The Labute approximate surface area is 157 Å². The van der Waals surface area contributed by atoms with Crippen LogP contribution in [0, 0.1) is 13.8 Å². The van der Waals surface area contributed by atoms with Gasteiger partial charge in [0.25, 0.3) is 5.91 Å². The molecule has 0 N–H and O–H groups in total. The molecule has 0 unspecified atom stereocenters. The molecule has 1 aromatic carbocycles. The number of benzene rings is 1. The molecule has 4 nitrogen and oxygen atoms in total. The number of aryl methyl sites for hydroxylation is 2. The minimum absolute atomic E-state index is 0.0626. The van der Waals surface area contributed by atoms with E-state index in [0.717, 1.165) is 27.5 Å². The monoisotopic (exact) mass is 366 g/mol. The maximum Gasteiger partial charge on any atom is 0.266 e. The van der Waals surface area contributed by atoms with Crippen LogP contribution in [0.4, 0.5) is 0 Å². The van der Waals surface area contributed by atoms with Gasteiger partial charge in [0.15, 0.2) is 0 Å². The van der Waals surface area contributed by atoms with Crippen LogP contribution >= 0.6 is 11.3 Å². The molecule has 1 saturated heterocycles. The Hall–Kier alpha value is -2.37. The van der Waals surface area contributed by atoms with Gasteiger partial charge in [0, 0.05) is 17.9 Å². The van der Waals surface area contributed by atoms with Gasteiger partial charge in [0.1, 0.15) is 11.0 Å². The second-order valence-electron chi connectivity index (χ2n) is 6.61. The van der Waals surface area contributed by atoms with E-state index in [2.05, 4.69) is 42.7 Å². The summed E-state index contributed by atoms with van der Waals surface area (Å²) in [4.78, 5) is 16.0.